The van der Waals surface area contributed by atoms with Gasteiger partial charge < -0.3 is 30.6 Å². The Kier molecular flexibility index (Phi) is 5.89. The highest BCUT2D eigenvalue weighted by molar-refractivity contribution is 5.46. The SMILES string of the molecule is N#CC(O)(CO)C(O)(C#N)N(c1cnccn1)C(O)C(O)CO. The number of hydrogen-bond acceptors (Lipinski definition) is 11. The molecule has 0 fully saturated rings. The Morgan fingerprint density at radius 1 is 1.17 bits per heavy atom. The molecule has 0 amide bonds. The molecular weight excluding hydrogens is 310 g/mol. The lowest BCUT2D eigenvalue weighted by atomic mass is 9.91. The van der Waals surface area contributed by atoms with Crippen molar-refractivity contribution >= 4 is 5.82 Å². The Labute approximate surface area is 130 Å². The Hall–Kier alpha value is -2.38. The van der Waals surface area contributed by atoms with Gasteiger partial charge in [0.05, 0.1) is 19.4 Å². The van der Waals surface area contributed by atoms with Crippen LogP contribution in [0.2, 0.25) is 0 Å². The minimum absolute atomic E-state index is 0.278. The van der Waals surface area contributed by atoms with Gasteiger partial charge in [0, 0.05) is 12.4 Å². The molecule has 0 aliphatic heterocycles. The number of nitrogens with zero attached hydrogens (tertiary/aromatic N) is 5. The number of rotatable bonds is 7. The van der Waals surface area contributed by atoms with Crippen LogP contribution in [-0.4, -0.2) is 77.5 Å². The molecule has 124 valence electrons. The molecular formula is C12H15N5O6. The van der Waals surface area contributed by atoms with E-state index in [0.717, 1.165) is 12.4 Å². The Balaban J connectivity index is 3.56. The predicted molar refractivity (Wildman–Crippen MR) is 71.8 cm³/mol. The molecule has 0 aliphatic carbocycles. The molecule has 11 heteroatoms. The highest BCUT2D eigenvalue weighted by Crippen LogP contribution is 2.31. The fourth-order valence-electron chi connectivity index (χ4n) is 1.74. The molecule has 6 N–H and O–H groups in total. The van der Waals surface area contributed by atoms with Crippen LogP contribution in [-0.2, 0) is 0 Å². The van der Waals surface area contributed by atoms with Crippen LogP contribution in [0, 0.1) is 22.7 Å². The zero-order chi connectivity index (χ0) is 17.7. The summed E-state index contributed by atoms with van der Waals surface area (Å²) in [6.45, 7) is -2.34. The lowest BCUT2D eigenvalue weighted by molar-refractivity contribution is -0.134. The molecule has 4 unspecified atom stereocenters. The fourth-order valence-corrected chi connectivity index (χ4v) is 1.74. The maximum absolute atomic E-state index is 10.5. The molecule has 0 bridgehead atoms. The summed E-state index contributed by atoms with van der Waals surface area (Å²) >= 11 is 0. The second-order valence-corrected chi connectivity index (χ2v) is 4.51. The van der Waals surface area contributed by atoms with Crippen LogP contribution in [0.5, 0.6) is 0 Å². The average Bonchev–Trinajstić information content (AvgIpc) is 2.60. The third-order valence-electron chi connectivity index (χ3n) is 3.09. The second-order valence-electron chi connectivity index (χ2n) is 4.51. The van der Waals surface area contributed by atoms with Crippen molar-refractivity contribution in [1.29, 1.82) is 10.5 Å². The van der Waals surface area contributed by atoms with Crippen molar-refractivity contribution in [3.63, 3.8) is 0 Å². The summed E-state index contributed by atoms with van der Waals surface area (Å²) in [7, 11) is 0. The zero-order valence-corrected chi connectivity index (χ0v) is 11.7. The van der Waals surface area contributed by atoms with Crippen molar-refractivity contribution in [1.82, 2.24) is 9.97 Å². The van der Waals surface area contributed by atoms with Crippen molar-refractivity contribution in [2.45, 2.75) is 23.7 Å². The van der Waals surface area contributed by atoms with E-state index >= 15 is 0 Å². The summed E-state index contributed by atoms with van der Waals surface area (Å²) in [5.74, 6) is -0.404. The van der Waals surface area contributed by atoms with Gasteiger partial charge in [0.1, 0.15) is 18.2 Å². The molecule has 11 nitrogen and oxygen atoms in total. The third kappa shape index (κ3) is 3.20. The maximum atomic E-state index is 10.5. The van der Waals surface area contributed by atoms with Gasteiger partial charge in [0.25, 0.3) is 5.72 Å². The van der Waals surface area contributed by atoms with Crippen molar-refractivity contribution in [2.75, 3.05) is 18.1 Å². The lowest BCUT2D eigenvalue weighted by Gasteiger charge is -2.44. The summed E-state index contributed by atoms with van der Waals surface area (Å²) in [6.07, 6.45) is -0.746. The first-order chi connectivity index (χ1) is 10.8. The molecule has 23 heavy (non-hydrogen) atoms. The Bertz CT molecular complexity index is 604. The van der Waals surface area contributed by atoms with E-state index in [2.05, 4.69) is 9.97 Å². The minimum Gasteiger partial charge on any atom is -0.394 e. The van der Waals surface area contributed by atoms with E-state index in [9.17, 15) is 30.8 Å². The van der Waals surface area contributed by atoms with Crippen LogP contribution < -0.4 is 4.90 Å². The van der Waals surface area contributed by atoms with Gasteiger partial charge in [-0.1, -0.05) is 0 Å². The van der Waals surface area contributed by atoms with E-state index in [1.807, 2.05) is 0 Å². The molecule has 1 heterocycles. The largest absolute Gasteiger partial charge is 0.394 e. The normalized spacial score (nSPS) is 18.6. The summed E-state index contributed by atoms with van der Waals surface area (Å²) in [5, 5.41) is 76.6. The van der Waals surface area contributed by atoms with Gasteiger partial charge in [-0.15, -0.1) is 0 Å². The summed E-state index contributed by atoms with van der Waals surface area (Å²) in [5.41, 5.74) is -6.28. The first kappa shape index (κ1) is 18.7. The number of nitriles is 2. The standard InChI is InChI=1S/C12H15N5O6/c13-5-11(22,7-19)12(23,6-14)17(10(21)8(20)4-18)9-3-15-1-2-16-9/h1-3,8,10,18-23H,4,7H2. The molecule has 0 saturated carbocycles. The Morgan fingerprint density at radius 3 is 2.22 bits per heavy atom. The van der Waals surface area contributed by atoms with Crippen molar-refractivity contribution in [3.8, 4) is 12.1 Å². The highest BCUT2D eigenvalue weighted by Gasteiger charge is 2.58. The summed E-state index contributed by atoms with van der Waals surface area (Å²) in [6, 6.07) is 2.38. The Morgan fingerprint density at radius 2 is 1.83 bits per heavy atom. The second kappa shape index (κ2) is 7.26. The van der Waals surface area contributed by atoms with Gasteiger partial charge in [-0.2, -0.15) is 10.5 Å². The van der Waals surface area contributed by atoms with E-state index in [0.29, 0.717) is 0 Å². The first-order valence-corrected chi connectivity index (χ1v) is 6.21. The van der Waals surface area contributed by atoms with Crippen LogP contribution in [0.25, 0.3) is 0 Å². The van der Waals surface area contributed by atoms with Gasteiger partial charge in [0.2, 0.25) is 5.60 Å². The number of hydrogen-bond donors (Lipinski definition) is 6. The molecule has 0 spiro atoms. The molecule has 1 aromatic heterocycles. The maximum Gasteiger partial charge on any atom is 0.277 e. The van der Waals surface area contributed by atoms with Crippen molar-refractivity contribution < 1.29 is 30.6 Å². The number of aromatic nitrogens is 2. The molecule has 4 atom stereocenters. The number of aliphatic hydroxyl groups excluding tert-OH is 4. The third-order valence-corrected chi connectivity index (χ3v) is 3.09. The zero-order valence-electron chi connectivity index (χ0n) is 11.7. The molecule has 0 radical (unpaired) electrons. The lowest BCUT2D eigenvalue weighted by Crippen LogP contribution is -2.69. The average molecular weight is 325 g/mol. The van der Waals surface area contributed by atoms with Gasteiger partial charge in [-0.05, 0) is 0 Å². The summed E-state index contributed by atoms with van der Waals surface area (Å²) < 4.78 is 0. The van der Waals surface area contributed by atoms with E-state index < -0.39 is 42.7 Å². The topological polar surface area (TPSA) is 198 Å². The molecule has 0 aliphatic rings. The molecule has 1 rings (SSSR count). The fraction of sp³-hybridized carbons (Fsp3) is 0.500. The smallest absolute Gasteiger partial charge is 0.277 e. The number of aliphatic hydroxyl groups is 6. The van der Waals surface area contributed by atoms with Crippen LogP contribution in [0.4, 0.5) is 5.82 Å². The van der Waals surface area contributed by atoms with Gasteiger partial charge >= 0.3 is 0 Å². The van der Waals surface area contributed by atoms with E-state index in [1.54, 1.807) is 0 Å². The van der Waals surface area contributed by atoms with Gasteiger partial charge in [0.15, 0.2) is 12.0 Å². The van der Waals surface area contributed by atoms with E-state index in [1.165, 1.54) is 18.3 Å². The molecule has 0 aromatic carbocycles. The summed E-state index contributed by atoms with van der Waals surface area (Å²) in [4.78, 5) is 7.64. The van der Waals surface area contributed by atoms with Crippen LogP contribution in [0.1, 0.15) is 0 Å². The monoisotopic (exact) mass is 325 g/mol. The van der Waals surface area contributed by atoms with Crippen LogP contribution >= 0.6 is 0 Å². The minimum atomic E-state index is -3.22. The van der Waals surface area contributed by atoms with Gasteiger partial charge in [-0.25, -0.2) is 4.98 Å². The predicted octanol–water partition coefficient (Wildman–Crippen LogP) is -3.59. The first-order valence-electron chi connectivity index (χ1n) is 6.21. The van der Waals surface area contributed by atoms with Crippen LogP contribution in [0.15, 0.2) is 18.6 Å². The van der Waals surface area contributed by atoms with Crippen molar-refractivity contribution in [3.05, 3.63) is 18.6 Å². The van der Waals surface area contributed by atoms with Crippen molar-refractivity contribution in [2.24, 2.45) is 0 Å². The van der Waals surface area contributed by atoms with E-state index in [4.69, 9.17) is 10.4 Å². The molecule has 0 saturated heterocycles. The van der Waals surface area contributed by atoms with Crippen LogP contribution in [0.3, 0.4) is 0 Å². The number of anilines is 1. The van der Waals surface area contributed by atoms with E-state index in [-0.39, 0.29) is 4.90 Å². The molecule has 1 aromatic rings. The highest BCUT2D eigenvalue weighted by atomic mass is 16.4. The quantitative estimate of drug-likeness (QED) is 0.214. The van der Waals surface area contributed by atoms with Gasteiger partial charge in [-0.3, -0.25) is 9.88 Å².